The smallest absolute Gasteiger partial charge is 0.272 e. The summed E-state index contributed by atoms with van der Waals surface area (Å²) in [4.78, 5) is 14.5. The Morgan fingerprint density at radius 3 is 2.86 bits per heavy atom. The largest absolute Gasteiger partial charge is 0.379 e. The Bertz CT molecular complexity index is 616. The average Bonchev–Trinajstić information content (AvgIpc) is 3.04. The third-order valence-electron chi connectivity index (χ3n) is 2.94. The molecule has 2 heterocycles. The molecule has 6 heteroatoms. The average molecular weight is 307 g/mol. The Balaban J connectivity index is 2.05. The van der Waals surface area contributed by atoms with Gasteiger partial charge in [0, 0.05) is 11.5 Å². The van der Waals surface area contributed by atoms with Crippen molar-refractivity contribution < 1.29 is 9.53 Å². The second-order valence-corrected chi connectivity index (χ2v) is 6.84. The van der Waals surface area contributed by atoms with Crippen molar-refractivity contribution in [1.29, 1.82) is 0 Å². The van der Waals surface area contributed by atoms with E-state index in [9.17, 15) is 4.79 Å². The number of H-pyrrole nitrogens is 1. The molecular formula is C15H21N3O2S. The van der Waals surface area contributed by atoms with Gasteiger partial charge < -0.3 is 10.1 Å². The highest BCUT2D eigenvalue weighted by Crippen LogP contribution is 2.26. The summed E-state index contributed by atoms with van der Waals surface area (Å²) in [6.07, 6.45) is 0. The summed E-state index contributed by atoms with van der Waals surface area (Å²) >= 11 is 1.67. The zero-order valence-corrected chi connectivity index (χ0v) is 13.6. The van der Waals surface area contributed by atoms with Crippen LogP contribution in [0.4, 0.5) is 0 Å². The lowest BCUT2D eigenvalue weighted by Gasteiger charge is -2.25. The minimum atomic E-state index is -0.425. The molecule has 0 radical (unpaired) electrons. The van der Waals surface area contributed by atoms with E-state index in [1.54, 1.807) is 17.4 Å². The monoisotopic (exact) mass is 307 g/mol. The highest BCUT2D eigenvalue weighted by Gasteiger charge is 2.23. The Kier molecular flexibility index (Phi) is 4.80. The van der Waals surface area contributed by atoms with Gasteiger partial charge in [0.25, 0.3) is 5.91 Å². The van der Waals surface area contributed by atoms with Gasteiger partial charge in [0.1, 0.15) is 0 Å². The summed E-state index contributed by atoms with van der Waals surface area (Å²) in [6.45, 7) is 8.93. The Morgan fingerprint density at radius 2 is 2.24 bits per heavy atom. The maximum absolute atomic E-state index is 12.2. The highest BCUT2D eigenvalue weighted by molar-refractivity contribution is 7.15. The van der Waals surface area contributed by atoms with Crippen molar-refractivity contribution in [2.45, 2.75) is 33.2 Å². The number of ether oxygens (including phenoxy) is 1. The Hall–Kier alpha value is -1.66. The van der Waals surface area contributed by atoms with Crippen molar-refractivity contribution >= 4 is 17.2 Å². The number of nitrogens with zero attached hydrogens (tertiary/aromatic N) is 1. The van der Waals surface area contributed by atoms with Gasteiger partial charge in [0.15, 0.2) is 5.69 Å². The fourth-order valence-electron chi connectivity index (χ4n) is 1.91. The fraction of sp³-hybridized carbons (Fsp3) is 0.467. The van der Waals surface area contributed by atoms with E-state index in [1.165, 1.54) is 4.88 Å². The molecule has 0 aliphatic heterocycles. The minimum absolute atomic E-state index is 0.199. The van der Waals surface area contributed by atoms with Gasteiger partial charge in [-0.05, 0) is 45.9 Å². The molecule has 2 aromatic heterocycles. The zero-order valence-electron chi connectivity index (χ0n) is 12.8. The number of nitrogens with one attached hydrogen (secondary N) is 2. The lowest BCUT2D eigenvalue weighted by atomic mass is 10.1. The molecule has 21 heavy (non-hydrogen) atoms. The predicted octanol–water partition coefficient (Wildman–Crippen LogP) is 2.99. The van der Waals surface area contributed by atoms with Crippen LogP contribution in [-0.2, 0) is 4.74 Å². The number of carbonyl (C=O) groups excluding carboxylic acids is 1. The maximum atomic E-state index is 12.2. The molecule has 2 aromatic rings. The van der Waals surface area contributed by atoms with Gasteiger partial charge in [-0.15, -0.1) is 11.3 Å². The SMILES string of the molecule is CCOCC(C)(C)NC(=O)c1cc(-c2ccc(C)s2)[nH]n1. The zero-order chi connectivity index (χ0) is 15.5. The third-order valence-corrected chi connectivity index (χ3v) is 3.97. The van der Waals surface area contributed by atoms with Crippen LogP contribution in [0.3, 0.4) is 0 Å². The molecule has 0 aliphatic carbocycles. The lowest BCUT2D eigenvalue weighted by Crippen LogP contribution is -2.47. The van der Waals surface area contributed by atoms with Gasteiger partial charge in [-0.2, -0.15) is 5.10 Å². The van der Waals surface area contributed by atoms with E-state index in [-0.39, 0.29) is 5.91 Å². The second-order valence-electron chi connectivity index (χ2n) is 5.55. The number of aromatic amines is 1. The Morgan fingerprint density at radius 1 is 1.48 bits per heavy atom. The molecule has 0 saturated heterocycles. The van der Waals surface area contributed by atoms with E-state index in [0.717, 1.165) is 10.6 Å². The summed E-state index contributed by atoms with van der Waals surface area (Å²) in [7, 11) is 0. The third kappa shape index (κ3) is 4.15. The summed E-state index contributed by atoms with van der Waals surface area (Å²) < 4.78 is 5.37. The van der Waals surface area contributed by atoms with E-state index in [1.807, 2.05) is 32.9 Å². The van der Waals surface area contributed by atoms with E-state index >= 15 is 0 Å². The topological polar surface area (TPSA) is 67.0 Å². The van der Waals surface area contributed by atoms with Crippen LogP contribution in [0, 0.1) is 6.92 Å². The molecule has 0 saturated carbocycles. The van der Waals surface area contributed by atoms with Crippen molar-refractivity contribution in [1.82, 2.24) is 15.5 Å². The standard InChI is InChI=1S/C15H21N3O2S/c1-5-20-9-15(3,4)16-14(19)12-8-11(17-18-12)13-7-6-10(2)21-13/h6-8H,5,9H2,1-4H3,(H,16,19)(H,17,18). The minimum Gasteiger partial charge on any atom is -0.379 e. The molecule has 0 aliphatic rings. The number of hydrogen-bond donors (Lipinski definition) is 2. The van der Waals surface area contributed by atoms with Crippen LogP contribution in [0.25, 0.3) is 10.6 Å². The van der Waals surface area contributed by atoms with Gasteiger partial charge in [-0.25, -0.2) is 0 Å². The van der Waals surface area contributed by atoms with Gasteiger partial charge >= 0.3 is 0 Å². The van der Waals surface area contributed by atoms with Crippen molar-refractivity contribution in [2.75, 3.05) is 13.2 Å². The van der Waals surface area contributed by atoms with Crippen LogP contribution in [-0.4, -0.2) is 34.9 Å². The van der Waals surface area contributed by atoms with E-state index < -0.39 is 5.54 Å². The number of aryl methyl sites for hydroxylation is 1. The molecule has 0 unspecified atom stereocenters. The van der Waals surface area contributed by atoms with Crippen LogP contribution < -0.4 is 5.32 Å². The van der Waals surface area contributed by atoms with Crippen LogP contribution in [0.1, 0.15) is 36.1 Å². The Labute approximate surface area is 128 Å². The number of amides is 1. The van der Waals surface area contributed by atoms with E-state index in [0.29, 0.717) is 18.9 Å². The molecule has 2 N–H and O–H groups in total. The summed E-state index contributed by atoms with van der Waals surface area (Å²) in [6, 6.07) is 5.84. The number of thiophene rings is 1. The number of carbonyl (C=O) groups is 1. The molecule has 114 valence electrons. The predicted molar refractivity (Wildman–Crippen MR) is 84.7 cm³/mol. The molecule has 0 aromatic carbocycles. The quantitative estimate of drug-likeness (QED) is 0.862. The summed E-state index contributed by atoms with van der Waals surface area (Å²) in [5, 5.41) is 9.94. The summed E-state index contributed by atoms with van der Waals surface area (Å²) in [5.41, 5.74) is 0.827. The molecule has 5 nitrogen and oxygen atoms in total. The molecular weight excluding hydrogens is 286 g/mol. The highest BCUT2D eigenvalue weighted by atomic mass is 32.1. The first-order valence-corrected chi connectivity index (χ1v) is 7.75. The van der Waals surface area contributed by atoms with Gasteiger partial charge in [-0.3, -0.25) is 9.89 Å². The van der Waals surface area contributed by atoms with Gasteiger partial charge in [0.05, 0.1) is 22.7 Å². The molecule has 1 amide bonds. The molecule has 2 rings (SSSR count). The lowest BCUT2D eigenvalue weighted by molar-refractivity contribution is 0.0721. The van der Waals surface area contributed by atoms with Gasteiger partial charge in [-0.1, -0.05) is 0 Å². The van der Waals surface area contributed by atoms with Crippen LogP contribution in [0.2, 0.25) is 0 Å². The molecule has 0 fully saturated rings. The first kappa shape index (κ1) is 15.7. The summed E-state index contributed by atoms with van der Waals surface area (Å²) in [5.74, 6) is -0.199. The fourth-order valence-corrected chi connectivity index (χ4v) is 2.74. The normalized spacial score (nSPS) is 11.6. The van der Waals surface area contributed by atoms with E-state index in [4.69, 9.17) is 4.74 Å². The van der Waals surface area contributed by atoms with Crippen molar-refractivity contribution in [2.24, 2.45) is 0 Å². The number of hydrogen-bond acceptors (Lipinski definition) is 4. The molecule has 0 bridgehead atoms. The van der Waals surface area contributed by atoms with Crippen molar-refractivity contribution in [3.63, 3.8) is 0 Å². The first-order chi connectivity index (χ1) is 9.91. The number of aromatic nitrogens is 2. The van der Waals surface area contributed by atoms with Crippen molar-refractivity contribution in [3.8, 4) is 10.6 Å². The van der Waals surface area contributed by atoms with Crippen LogP contribution in [0.5, 0.6) is 0 Å². The maximum Gasteiger partial charge on any atom is 0.272 e. The molecule has 0 spiro atoms. The van der Waals surface area contributed by atoms with Gasteiger partial charge in [0.2, 0.25) is 0 Å². The first-order valence-electron chi connectivity index (χ1n) is 6.94. The van der Waals surface area contributed by atoms with Crippen LogP contribution in [0.15, 0.2) is 18.2 Å². The molecule has 0 atom stereocenters. The number of rotatable bonds is 6. The second kappa shape index (κ2) is 6.41. The van der Waals surface area contributed by atoms with Crippen molar-refractivity contribution in [3.05, 3.63) is 28.8 Å². The van der Waals surface area contributed by atoms with Crippen LogP contribution >= 0.6 is 11.3 Å². The van der Waals surface area contributed by atoms with E-state index in [2.05, 4.69) is 22.4 Å².